The predicted octanol–water partition coefficient (Wildman–Crippen LogP) is 5.90. The van der Waals surface area contributed by atoms with Gasteiger partial charge in [0.15, 0.2) is 0 Å². The van der Waals surface area contributed by atoms with Crippen LogP contribution in [0.2, 0.25) is 5.02 Å². The molecule has 0 radical (unpaired) electrons. The number of piperazine rings is 1. The molecule has 42 heavy (non-hydrogen) atoms. The number of methoxy groups -OCH3 is 1. The molecule has 1 fully saturated rings. The van der Waals surface area contributed by atoms with E-state index in [2.05, 4.69) is 0 Å². The van der Waals surface area contributed by atoms with Gasteiger partial charge >= 0.3 is 0 Å². The van der Waals surface area contributed by atoms with Crippen LogP contribution in [0.3, 0.4) is 0 Å². The average molecular weight is 595 g/mol. The summed E-state index contributed by atoms with van der Waals surface area (Å²) in [7, 11) is 1.54. The molecule has 5 rings (SSSR count). The Labute approximate surface area is 244 Å². The van der Waals surface area contributed by atoms with Crippen LogP contribution in [0.5, 0.6) is 5.75 Å². The van der Waals surface area contributed by atoms with E-state index in [0.717, 1.165) is 18.2 Å². The SMILES string of the molecule is COc1ccc(-c2cc(C(=O)N3CCN(C(=O)c4ccc([N+](=O)[O-])cc4Cl)CC3)c(C)n2-c2ccc(F)cc2F)cc1. The third kappa shape index (κ3) is 5.42. The Bertz CT molecular complexity index is 1700. The van der Waals surface area contributed by atoms with Crippen molar-refractivity contribution in [2.24, 2.45) is 0 Å². The number of nitro groups is 1. The van der Waals surface area contributed by atoms with Crippen LogP contribution in [0.15, 0.2) is 66.7 Å². The zero-order valence-electron chi connectivity index (χ0n) is 22.6. The summed E-state index contributed by atoms with van der Waals surface area (Å²) in [6.45, 7) is 2.58. The maximum atomic E-state index is 15.0. The molecule has 4 aromatic rings. The first kappa shape index (κ1) is 28.7. The molecule has 0 unspecified atom stereocenters. The number of carbonyl (C=O) groups is 2. The lowest BCUT2D eigenvalue weighted by Gasteiger charge is -2.35. The maximum Gasteiger partial charge on any atom is 0.270 e. The summed E-state index contributed by atoms with van der Waals surface area (Å²) in [5.74, 6) is -1.56. The second-order valence-electron chi connectivity index (χ2n) is 9.69. The molecular formula is C30H25ClF2N4O5. The van der Waals surface area contributed by atoms with Gasteiger partial charge in [0.2, 0.25) is 0 Å². The van der Waals surface area contributed by atoms with Crippen molar-refractivity contribution < 1.29 is 28.0 Å². The normalized spacial score (nSPS) is 13.3. The highest BCUT2D eigenvalue weighted by atomic mass is 35.5. The van der Waals surface area contributed by atoms with Gasteiger partial charge in [-0.25, -0.2) is 8.78 Å². The summed E-state index contributed by atoms with van der Waals surface area (Å²) in [5.41, 5.74) is 2.04. The number of rotatable bonds is 6. The van der Waals surface area contributed by atoms with E-state index in [4.69, 9.17) is 16.3 Å². The van der Waals surface area contributed by atoms with Crippen LogP contribution in [-0.2, 0) is 0 Å². The molecule has 1 saturated heterocycles. The Kier molecular flexibility index (Phi) is 7.95. The number of amides is 2. The molecule has 12 heteroatoms. The number of nitro benzene ring substituents is 1. The fourth-order valence-corrected chi connectivity index (χ4v) is 5.27. The number of ether oxygens (including phenoxy) is 1. The highest BCUT2D eigenvalue weighted by Gasteiger charge is 2.30. The number of non-ortho nitro benzene ring substituents is 1. The monoisotopic (exact) mass is 594 g/mol. The van der Waals surface area contributed by atoms with Gasteiger partial charge in [-0.3, -0.25) is 19.7 Å². The molecule has 0 aliphatic carbocycles. The van der Waals surface area contributed by atoms with E-state index in [0.29, 0.717) is 28.3 Å². The van der Waals surface area contributed by atoms with Gasteiger partial charge in [0.25, 0.3) is 17.5 Å². The average Bonchev–Trinajstić information content (AvgIpc) is 3.33. The van der Waals surface area contributed by atoms with E-state index >= 15 is 0 Å². The van der Waals surface area contributed by atoms with Crippen LogP contribution in [0.25, 0.3) is 16.9 Å². The van der Waals surface area contributed by atoms with Crippen molar-refractivity contribution in [3.63, 3.8) is 0 Å². The maximum absolute atomic E-state index is 15.0. The molecule has 2 amide bonds. The molecular weight excluding hydrogens is 570 g/mol. The van der Waals surface area contributed by atoms with E-state index in [1.165, 1.54) is 23.1 Å². The smallest absolute Gasteiger partial charge is 0.270 e. The summed E-state index contributed by atoms with van der Waals surface area (Å²) in [6, 6.07) is 15.7. The molecule has 2 heterocycles. The number of halogens is 3. The second-order valence-corrected chi connectivity index (χ2v) is 10.1. The number of hydrogen-bond acceptors (Lipinski definition) is 5. The van der Waals surface area contributed by atoms with Crippen molar-refractivity contribution in [2.45, 2.75) is 6.92 Å². The fourth-order valence-electron chi connectivity index (χ4n) is 5.01. The first-order chi connectivity index (χ1) is 20.1. The van der Waals surface area contributed by atoms with Gasteiger partial charge in [-0.15, -0.1) is 0 Å². The van der Waals surface area contributed by atoms with Crippen molar-refractivity contribution in [1.82, 2.24) is 14.4 Å². The second kappa shape index (κ2) is 11.6. The lowest BCUT2D eigenvalue weighted by Crippen LogP contribution is -2.50. The lowest BCUT2D eigenvalue weighted by atomic mass is 10.1. The first-order valence-corrected chi connectivity index (χ1v) is 13.3. The van der Waals surface area contributed by atoms with Crippen molar-refractivity contribution in [3.8, 4) is 22.7 Å². The van der Waals surface area contributed by atoms with Gasteiger partial charge in [0, 0.05) is 50.1 Å². The minimum Gasteiger partial charge on any atom is -0.497 e. The minimum atomic E-state index is -0.778. The topological polar surface area (TPSA) is 97.9 Å². The Morgan fingerprint density at radius 2 is 1.50 bits per heavy atom. The predicted molar refractivity (Wildman–Crippen MR) is 152 cm³/mol. The highest BCUT2D eigenvalue weighted by molar-refractivity contribution is 6.34. The Hall–Kier alpha value is -4.77. The molecule has 1 aliphatic rings. The number of carbonyl (C=O) groups excluding carboxylic acids is 2. The van der Waals surface area contributed by atoms with Crippen molar-refractivity contribution in [1.29, 1.82) is 0 Å². The molecule has 3 aromatic carbocycles. The third-order valence-electron chi connectivity index (χ3n) is 7.26. The molecule has 0 atom stereocenters. The zero-order chi connectivity index (χ0) is 30.1. The molecule has 0 bridgehead atoms. The van der Waals surface area contributed by atoms with E-state index in [-0.39, 0.29) is 54.0 Å². The fraction of sp³-hybridized carbons (Fsp3) is 0.200. The zero-order valence-corrected chi connectivity index (χ0v) is 23.4. The quantitative estimate of drug-likeness (QED) is 0.204. The van der Waals surface area contributed by atoms with Crippen LogP contribution in [0.1, 0.15) is 26.4 Å². The van der Waals surface area contributed by atoms with Gasteiger partial charge in [0.05, 0.1) is 39.6 Å². The van der Waals surface area contributed by atoms with Crippen LogP contribution in [-0.4, -0.2) is 64.4 Å². The van der Waals surface area contributed by atoms with E-state index < -0.39 is 22.5 Å². The van der Waals surface area contributed by atoms with Crippen LogP contribution in [0, 0.1) is 28.7 Å². The van der Waals surface area contributed by atoms with Crippen molar-refractivity contribution in [2.75, 3.05) is 33.3 Å². The standard InChI is InChI=1S/C30H25ClF2N4O5/c1-18-24(17-28(19-3-7-22(42-2)8-4-19)36(18)27-10-5-20(32)15-26(27)33)30(39)35-13-11-34(12-14-35)29(38)23-9-6-21(37(40)41)16-25(23)31/h3-10,15-17H,11-14H2,1-2H3. The molecule has 0 N–H and O–H groups in total. The van der Waals surface area contributed by atoms with Gasteiger partial charge in [0.1, 0.15) is 17.4 Å². The molecule has 0 spiro atoms. The summed E-state index contributed by atoms with van der Waals surface area (Å²) in [4.78, 5) is 40.3. The van der Waals surface area contributed by atoms with Crippen molar-refractivity contribution >= 4 is 29.1 Å². The summed E-state index contributed by atoms with van der Waals surface area (Å²) >= 11 is 6.15. The van der Waals surface area contributed by atoms with Gasteiger partial charge in [-0.05, 0) is 61.0 Å². The molecule has 1 aromatic heterocycles. The Morgan fingerprint density at radius 3 is 2.05 bits per heavy atom. The largest absolute Gasteiger partial charge is 0.497 e. The van der Waals surface area contributed by atoms with E-state index in [1.807, 2.05) is 0 Å². The molecule has 0 saturated carbocycles. The van der Waals surface area contributed by atoms with Crippen LogP contribution < -0.4 is 4.74 Å². The summed E-state index contributed by atoms with van der Waals surface area (Å²) in [6.07, 6.45) is 0. The molecule has 216 valence electrons. The van der Waals surface area contributed by atoms with Gasteiger partial charge in [-0.1, -0.05) is 11.6 Å². The van der Waals surface area contributed by atoms with Gasteiger partial charge < -0.3 is 19.1 Å². The summed E-state index contributed by atoms with van der Waals surface area (Å²) in [5, 5.41) is 11.0. The van der Waals surface area contributed by atoms with Gasteiger partial charge in [-0.2, -0.15) is 0 Å². The van der Waals surface area contributed by atoms with E-state index in [9.17, 15) is 28.5 Å². The Balaban J connectivity index is 1.41. The number of benzene rings is 3. The number of aromatic nitrogens is 1. The van der Waals surface area contributed by atoms with Crippen molar-refractivity contribution in [3.05, 3.63) is 110 Å². The number of nitrogens with zero attached hydrogens (tertiary/aromatic N) is 4. The molecule has 9 nitrogen and oxygen atoms in total. The van der Waals surface area contributed by atoms with Crippen LogP contribution in [0.4, 0.5) is 14.5 Å². The number of hydrogen-bond donors (Lipinski definition) is 0. The minimum absolute atomic E-state index is 0.0243. The van der Waals surface area contributed by atoms with Crippen LogP contribution >= 0.6 is 11.6 Å². The summed E-state index contributed by atoms with van der Waals surface area (Å²) < 4.78 is 35.5. The lowest BCUT2D eigenvalue weighted by molar-refractivity contribution is -0.384. The Morgan fingerprint density at radius 1 is 0.881 bits per heavy atom. The van der Waals surface area contributed by atoms with E-state index in [1.54, 1.807) is 53.8 Å². The first-order valence-electron chi connectivity index (χ1n) is 12.9. The third-order valence-corrected chi connectivity index (χ3v) is 7.57. The highest BCUT2D eigenvalue weighted by Crippen LogP contribution is 2.33. The molecule has 1 aliphatic heterocycles.